The maximum atomic E-state index is 14.8. The predicted molar refractivity (Wildman–Crippen MR) is 150 cm³/mol. The van der Waals surface area contributed by atoms with Gasteiger partial charge in [-0.25, -0.2) is 23.5 Å². The van der Waals surface area contributed by atoms with Crippen LogP contribution in [0.15, 0.2) is 41.8 Å². The molecular formula is C26H26F2N6O3S2. The van der Waals surface area contributed by atoms with Crippen LogP contribution in [0.4, 0.5) is 30.2 Å². The molecule has 2 aromatic heterocycles. The molecule has 0 radical (unpaired) electrons. The second-order valence-electron chi connectivity index (χ2n) is 8.83. The average molecular weight is 573 g/mol. The summed E-state index contributed by atoms with van der Waals surface area (Å²) in [6, 6.07) is 7.83. The number of nitrogen functional groups attached to an aromatic ring is 1. The number of hydrogen-bond acceptors (Lipinski definition) is 8. The lowest BCUT2D eigenvalue weighted by Crippen LogP contribution is -2.30. The highest BCUT2D eigenvalue weighted by molar-refractivity contribution is 7.23. The van der Waals surface area contributed by atoms with Gasteiger partial charge in [0.15, 0.2) is 5.13 Å². The van der Waals surface area contributed by atoms with E-state index in [-0.39, 0.29) is 33.5 Å². The monoisotopic (exact) mass is 572 g/mol. The quantitative estimate of drug-likeness (QED) is 0.188. The Morgan fingerprint density at radius 1 is 1.10 bits per heavy atom. The topological polar surface area (TPSA) is 131 Å². The number of nitrogens with two attached hydrogens (primary N) is 1. The van der Waals surface area contributed by atoms with Gasteiger partial charge < -0.3 is 21.1 Å². The van der Waals surface area contributed by atoms with Crippen molar-refractivity contribution in [2.24, 2.45) is 5.92 Å². The molecule has 0 aliphatic rings. The summed E-state index contributed by atoms with van der Waals surface area (Å²) in [7, 11) is 1.47. The molecule has 9 nitrogen and oxygen atoms in total. The third-order valence-corrected chi connectivity index (χ3v) is 7.47. The first-order valence-electron chi connectivity index (χ1n) is 11.9. The lowest BCUT2D eigenvalue weighted by atomic mass is 10.1. The lowest BCUT2D eigenvalue weighted by molar-refractivity contribution is 0.102. The fraction of sp³-hybridized carbons (Fsp3) is 0.231. The summed E-state index contributed by atoms with van der Waals surface area (Å²) in [6.45, 7) is 4.65. The van der Waals surface area contributed by atoms with E-state index < -0.39 is 23.6 Å². The number of thiazole rings is 2. The smallest absolute Gasteiger partial charge is 0.321 e. The van der Waals surface area contributed by atoms with Crippen LogP contribution in [0.3, 0.4) is 0 Å². The average Bonchev–Trinajstić information content (AvgIpc) is 3.51. The Balaban J connectivity index is 1.52. The summed E-state index contributed by atoms with van der Waals surface area (Å²) in [5.41, 5.74) is 6.31. The molecule has 5 N–H and O–H groups in total. The molecular weight excluding hydrogens is 546 g/mol. The Kier molecular flexibility index (Phi) is 8.72. The first-order chi connectivity index (χ1) is 18.6. The van der Waals surface area contributed by atoms with E-state index in [0.717, 1.165) is 17.8 Å². The maximum absolute atomic E-state index is 14.8. The normalized spacial score (nSPS) is 10.9. The van der Waals surface area contributed by atoms with E-state index in [1.807, 2.05) is 0 Å². The van der Waals surface area contributed by atoms with Gasteiger partial charge in [-0.05, 0) is 36.6 Å². The number of halogens is 2. The number of ether oxygens (including phenoxy) is 1. The van der Waals surface area contributed by atoms with Crippen molar-refractivity contribution in [2.45, 2.75) is 20.3 Å². The Labute approximate surface area is 231 Å². The van der Waals surface area contributed by atoms with Gasteiger partial charge in [-0.2, -0.15) is 0 Å². The van der Waals surface area contributed by atoms with E-state index in [1.54, 1.807) is 23.6 Å². The summed E-state index contributed by atoms with van der Waals surface area (Å²) in [5, 5.41) is 10.2. The number of hydrogen-bond donors (Lipinski definition) is 4. The van der Waals surface area contributed by atoms with Crippen molar-refractivity contribution in [2.75, 3.05) is 30.0 Å². The Morgan fingerprint density at radius 2 is 1.90 bits per heavy atom. The van der Waals surface area contributed by atoms with Gasteiger partial charge in [-0.3, -0.25) is 10.1 Å². The third-order valence-electron chi connectivity index (χ3n) is 5.49. The van der Waals surface area contributed by atoms with Crippen LogP contribution in [0.2, 0.25) is 0 Å². The second-order valence-corrected chi connectivity index (χ2v) is 10.7. The Hall–Kier alpha value is -4.10. The van der Waals surface area contributed by atoms with Gasteiger partial charge in [0.25, 0.3) is 5.91 Å². The molecule has 204 valence electrons. The number of nitrogens with zero attached hydrogens (tertiary/aromatic N) is 2. The first-order valence-corrected chi connectivity index (χ1v) is 13.6. The molecule has 39 heavy (non-hydrogen) atoms. The van der Waals surface area contributed by atoms with Gasteiger partial charge in [-0.1, -0.05) is 31.3 Å². The molecule has 0 saturated carbocycles. The summed E-state index contributed by atoms with van der Waals surface area (Å²) in [4.78, 5) is 33.9. The number of anilines is 3. The fourth-order valence-corrected chi connectivity index (χ4v) is 5.26. The zero-order valence-corrected chi connectivity index (χ0v) is 22.9. The third kappa shape index (κ3) is 6.86. The van der Waals surface area contributed by atoms with Gasteiger partial charge in [-0.15, -0.1) is 11.3 Å². The Morgan fingerprint density at radius 3 is 2.64 bits per heavy atom. The van der Waals surface area contributed by atoms with Crippen LogP contribution in [0.5, 0.6) is 5.75 Å². The zero-order chi connectivity index (χ0) is 28.1. The largest absolute Gasteiger partial charge is 0.497 e. The molecule has 0 saturated heterocycles. The van der Waals surface area contributed by atoms with Crippen LogP contribution in [-0.4, -0.2) is 35.6 Å². The lowest BCUT2D eigenvalue weighted by Gasteiger charge is -2.10. The Bertz CT molecular complexity index is 1500. The van der Waals surface area contributed by atoms with E-state index in [9.17, 15) is 18.4 Å². The standard InChI is InChI=1S/C26H26F2N6O3S2/c1-13(2)7-8-30-25(36)34-26-33-22(29)21(39-26)24-32-20(12-38-24)16-10-19(18(28)11-17(16)27)31-23(35)14-5-4-6-15(9-14)37-3/h4-6,9-13H,7-8,29H2,1-3H3,(H,31,35)(H2,30,33,34,36). The van der Waals surface area contributed by atoms with Gasteiger partial charge in [0, 0.05) is 29.1 Å². The van der Waals surface area contributed by atoms with Crippen molar-refractivity contribution < 1.29 is 23.1 Å². The highest BCUT2D eigenvalue weighted by Crippen LogP contribution is 2.39. The van der Waals surface area contributed by atoms with Crippen molar-refractivity contribution in [3.8, 4) is 26.9 Å². The molecule has 4 rings (SSSR count). The molecule has 0 atom stereocenters. The van der Waals surface area contributed by atoms with Crippen molar-refractivity contribution in [3.63, 3.8) is 0 Å². The summed E-state index contributed by atoms with van der Waals surface area (Å²) in [6.07, 6.45) is 0.840. The molecule has 2 heterocycles. The molecule has 3 amide bonds. The first kappa shape index (κ1) is 27.9. The highest BCUT2D eigenvalue weighted by atomic mass is 32.1. The van der Waals surface area contributed by atoms with Gasteiger partial charge >= 0.3 is 6.03 Å². The van der Waals surface area contributed by atoms with E-state index in [1.165, 1.54) is 30.6 Å². The molecule has 0 aliphatic heterocycles. The molecule has 13 heteroatoms. The number of rotatable bonds is 9. The molecule has 4 aromatic rings. The molecule has 0 unspecified atom stereocenters. The number of benzene rings is 2. The molecule has 0 spiro atoms. The van der Waals surface area contributed by atoms with Crippen LogP contribution in [0.25, 0.3) is 21.1 Å². The highest BCUT2D eigenvalue weighted by Gasteiger charge is 2.20. The maximum Gasteiger partial charge on any atom is 0.321 e. The van der Waals surface area contributed by atoms with Crippen LogP contribution >= 0.6 is 22.7 Å². The minimum atomic E-state index is -0.933. The molecule has 0 fully saturated rings. The fourth-order valence-electron chi connectivity index (χ4n) is 3.46. The number of nitrogens with one attached hydrogen (secondary N) is 3. The number of amides is 3. The van der Waals surface area contributed by atoms with E-state index in [0.29, 0.717) is 34.2 Å². The SMILES string of the molecule is COc1cccc(C(=O)Nc2cc(-c3csc(-c4sc(NC(=O)NCCC(C)C)nc4N)n3)c(F)cc2F)c1. The van der Waals surface area contributed by atoms with Crippen LogP contribution in [0.1, 0.15) is 30.6 Å². The molecule has 0 aliphatic carbocycles. The zero-order valence-electron chi connectivity index (χ0n) is 21.3. The summed E-state index contributed by atoms with van der Waals surface area (Å²) in [5.74, 6) is -1.29. The predicted octanol–water partition coefficient (Wildman–Crippen LogP) is 6.22. The minimum absolute atomic E-state index is 0.00851. The summed E-state index contributed by atoms with van der Waals surface area (Å²) >= 11 is 2.31. The van der Waals surface area contributed by atoms with Gasteiger partial charge in [0.1, 0.15) is 33.1 Å². The molecule has 0 bridgehead atoms. The van der Waals surface area contributed by atoms with Crippen molar-refractivity contribution in [3.05, 3.63) is 59.0 Å². The minimum Gasteiger partial charge on any atom is -0.497 e. The van der Waals surface area contributed by atoms with Gasteiger partial charge in [0.05, 0.1) is 18.5 Å². The number of carbonyl (C=O) groups excluding carboxylic acids is 2. The van der Waals surface area contributed by atoms with Crippen LogP contribution in [-0.2, 0) is 0 Å². The van der Waals surface area contributed by atoms with Crippen molar-refractivity contribution >= 4 is 51.2 Å². The number of aromatic nitrogens is 2. The second kappa shape index (κ2) is 12.2. The molecule has 2 aromatic carbocycles. The van der Waals surface area contributed by atoms with Crippen molar-refractivity contribution in [1.82, 2.24) is 15.3 Å². The number of methoxy groups -OCH3 is 1. The van der Waals surface area contributed by atoms with E-state index in [4.69, 9.17) is 10.5 Å². The van der Waals surface area contributed by atoms with E-state index >= 15 is 0 Å². The summed E-state index contributed by atoms with van der Waals surface area (Å²) < 4.78 is 34.4. The van der Waals surface area contributed by atoms with Gasteiger partial charge in [0.2, 0.25) is 0 Å². The number of urea groups is 1. The van der Waals surface area contributed by atoms with Crippen LogP contribution in [0, 0.1) is 17.6 Å². The van der Waals surface area contributed by atoms with Crippen molar-refractivity contribution in [1.29, 1.82) is 0 Å². The van der Waals surface area contributed by atoms with E-state index in [2.05, 4.69) is 39.8 Å². The number of carbonyl (C=O) groups is 2. The van der Waals surface area contributed by atoms with Crippen LogP contribution < -0.4 is 26.4 Å².